The fourth-order valence-electron chi connectivity index (χ4n) is 4.37. The van der Waals surface area contributed by atoms with E-state index in [9.17, 15) is 8.42 Å². The van der Waals surface area contributed by atoms with Crippen LogP contribution in [0.1, 0.15) is 23.1 Å². The van der Waals surface area contributed by atoms with E-state index in [1.807, 2.05) is 60.7 Å². The maximum absolute atomic E-state index is 14.1. The summed E-state index contributed by atoms with van der Waals surface area (Å²) in [4.78, 5) is 4.64. The average Bonchev–Trinajstić information content (AvgIpc) is 3.27. The second-order valence-corrected chi connectivity index (χ2v) is 10.7. The third kappa shape index (κ3) is 4.30. The number of rotatable bonds is 5. The van der Waals surface area contributed by atoms with E-state index in [-0.39, 0.29) is 10.8 Å². The molecule has 2 atom stereocenters. The van der Waals surface area contributed by atoms with Gasteiger partial charge < -0.3 is 0 Å². The fraction of sp³-hybridized carbons (Fsp3) is 0.115. The van der Waals surface area contributed by atoms with Gasteiger partial charge in [0.05, 0.1) is 10.9 Å². The molecule has 0 radical (unpaired) electrons. The third-order valence-electron chi connectivity index (χ3n) is 5.94. The average molecular weight is 510 g/mol. The molecule has 0 N–H and O–H groups in total. The summed E-state index contributed by atoms with van der Waals surface area (Å²) in [5, 5.41) is 2.81. The number of anilines is 1. The number of pyridine rings is 1. The molecule has 0 amide bonds. The summed E-state index contributed by atoms with van der Waals surface area (Å²) >= 11 is 12.2. The van der Waals surface area contributed by atoms with Crippen LogP contribution in [-0.2, 0) is 10.0 Å². The standard InChI is InChI=1S/C26H21Cl2N3O2S/c27-21-11-9-20(10-12-21)26-24(19-6-2-1-3-7-19)18-30(25-8-4-5-17-29-25)31(26)34(32,33)23-15-13-22(28)14-16-23/h1-17,24,26H,18H2. The van der Waals surface area contributed by atoms with Crippen LogP contribution in [0.5, 0.6) is 0 Å². The van der Waals surface area contributed by atoms with E-state index in [1.165, 1.54) is 16.5 Å². The molecule has 1 fully saturated rings. The molecule has 172 valence electrons. The number of aromatic nitrogens is 1. The second kappa shape index (κ2) is 9.39. The maximum atomic E-state index is 14.1. The Labute approximate surface area is 209 Å². The van der Waals surface area contributed by atoms with Crippen LogP contribution in [0.15, 0.2) is 108 Å². The summed E-state index contributed by atoms with van der Waals surface area (Å²) in [5.41, 5.74) is 1.88. The molecule has 0 saturated carbocycles. The van der Waals surface area contributed by atoms with E-state index in [0.29, 0.717) is 22.4 Å². The highest BCUT2D eigenvalue weighted by molar-refractivity contribution is 7.89. The van der Waals surface area contributed by atoms with Crippen LogP contribution >= 0.6 is 23.2 Å². The summed E-state index contributed by atoms with van der Waals surface area (Å²) in [6, 6.07) is 28.5. The van der Waals surface area contributed by atoms with Gasteiger partial charge in [0.2, 0.25) is 0 Å². The summed E-state index contributed by atoms with van der Waals surface area (Å²) < 4.78 is 29.7. The molecule has 3 aromatic carbocycles. The Morgan fingerprint density at radius 2 is 1.35 bits per heavy atom. The first-order valence-electron chi connectivity index (χ1n) is 10.7. The van der Waals surface area contributed by atoms with Gasteiger partial charge in [-0.3, -0.25) is 5.01 Å². The van der Waals surface area contributed by atoms with E-state index in [4.69, 9.17) is 23.2 Å². The third-order valence-corrected chi connectivity index (χ3v) is 8.23. The predicted octanol–water partition coefficient (Wildman–Crippen LogP) is 6.34. The first kappa shape index (κ1) is 22.9. The molecule has 5 rings (SSSR count). The number of hydrazine groups is 1. The Morgan fingerprint density at radius 1 is 0.735 bits per heavy atom. The highest BCUT2D eigenvalue weighted by Crippen LogP contribution is 2.47. The number of hydrogen-bond donors (Lipinski definition) is 0. The van der Waals surface area contributed by atoms with Gasteiger partial charge >= 0.3 is 0 Å². The molecule has 0 spiro atoms. The first-order valence-corrected chi connectivity index (χ1v) is 12.9. The van der Waals surface area contributed by atoms with E-state index in [1.54, 1.807) is 35.5 Å². The van der Waals surface area contributed by atoms with Gasteiger partial charge in [-0.15, -0.1) is 0 Å². The van der Waals surface area contributed by atoms with Gasteiger partial charge in [0.25, 0.3) is 10.0 Å². The van der Waals surface area contributed by atoms with E-state index in [2.05, 4.69) is 4.98 Å². The van der Waals surface area contributed by atoms with Gasteiger partial charge in [0, 0.05) is 28.7 Å². The minimum Gasteiger partial charge on any atom is -0.274 e. The number of halogens is 2. The summed E-state index contributed by atoms with van der Waals surface area (Å²) in [6.07, 6.45) is 1.66. The number of sulfonamides is 1. The van der Waals surface area contributed by atoms with Crippen molar-refractivity contribution in [3.8, 4) is 0 Å². The van der Waals surface area contributed by atoms with Gasteiger partial charge in [0.15, 0.2) is 0 Å². The molecule has 1 aliphatic rings. The summed E-state index contributed by atoms with van der Waals surface area (Å²) in [6.45, 7) is 0.432. The van der Waals surface area contributed by atoms with Gasteiger partial charge in [-0.2, -0.15) is 0 Å². The van der Waals surface area contributed by atoms with Gasteiger partial charge in [-0.05, 0) is 59.7 Å². The predicted molar refractivity (Wildman–Crippen MR) is 135 cm³/mol. The van der Waals surface area contributed by atoms with Crippen LogP contribution in [-0.4, -0.2) is 24.4 Å². The zero-order valence-electron chi connectivity index (χ0n) is 18.0. The SMILES string of the molecule is O=S(=O)(c1ccc(Cl)cc1)N1C(c2ccc(Cl)cc2)C(c2ccccc2)CN1c1ccccn1. The van der Waals surface area contributed by atoms with Gasteiger partial charge in [-0.1, -0.05) is 76.1 Å². The molecular weight excluding hydrogens is 489 g/mol. The monoisotopic (exact) mass is 509 g/mol. The van der Waals surface area contributed by atoms with E-state index in [0.717, 1.165) is 11.1 Å². The minimum absolute atomic E-state index is 0.147. The lowest BCUT2D eigenvalue weighted by Crippen LogP contribution is -2.43. The lowest BCUT2D eigenvalue weighted by Gasteiger charge is -2.32. The number of benzene rings is 3. The quantitative estimate of drug-likeness (QED) is 0.315. The molecule has 0 bridgehead atoms. The Morgan fingerprint density at radius 3 is 1.97 bits per heavy atom. The Bertz CT molecular complexity index is 1370. The molecule has 5 nitrogen and oxygen atoms in total. The largest absolute Gasteiger partial charge is 0.274 e. The van der Waals surface area contributed by atoms with Crippen LogP contribution in [0.3, 0.4) is 0 Å². The Kier molecular flexibility index (Phi) is 6.32. The molecule has 0 aliphatic carbocycles. The van der Waals surface area contributed by atoms with Crippen molar-refractivity contribution < 1.29 is 8.42 Å². The van der Waals surface area contributed by atoms with E-state index >= 15 is 0 Å². The molecule has 2 unspecified atom stereocenters. The molecule has 4 aromatic rings. The summed E-state index contributed by atoms with van der Waals surface area (Å²) in [5.74, 6) is 0.406. The van der Waals surface area contributed by atoms with Crippen molar-refractivity contribution in [2.24, 2.45) is 0 Å². The van der Waals surface area contributed by atoms with Crippen LogP contribution in [0.2, 0.25) is 10.0 Å². The summed E-state index contributed by atoms with van der Waals surface area (Å²) in [7, 11) is -3.97. The minimum atomic E-state index is -3.97. The van der Waals surface area contributed by atoms with Crippen molar-refractivity contribution in [1.82, 2.24) is 9.40 Å². The number of hydrogen-bond acceptors (Lipinski definition) is 4. The normalized spacial score (nSPS) is 18.8. The number of nitrogens with zero attached hydrogens (tertiary/aromatic N) is 3. The van der Waals surface area contributed by atoms with Crippen LogP contribution < -0.4 is 5.01 Å². The zero-order valence-corrected chi connectivity index (χ0v) is 20.3. The molecule has 1 aliphatic heterocycles. The lowest BCUT2D eigenvalue weighted by molar-refractivity contribution is 0.359. The topological polar surface area (TPSA) is 53.5 Å². The fourth-order valence-corrected chi connectivity index (χ4v) is 6.30. The van der Waals surface area contributed by atoms with Crippen molar-refractivity contribution in [3.63, 3.8) is 0 Å². The van der Waals surface area contributed by atoms with Crippen molar-refractivity contribution in [3.05, 3.63) is 124 Å². The lowest BCUT2D eigenvalue weighted by atomic mass is 9.89. The first-order chi connectivity index (χ1) is 16.4. The highest BCUT2D eigenvalue weighted by Gasteiger charge is 2.48. The van der Waals surface area contributed by atoms with Crippen LogP contribution in [0, 0.1) is 0 Å². The van der Waals surface area contributed by atoms with Crippen molar-refractivity contribution >= 4 is 39.0 Å². The van der Waals surface area contributed by atoms with Gasteiger partial charge in [-0.25, -0.2) is 13.4 Å². The highest BCUT2D eigenvalue weighted by atomic mass is 35.5. The second-order valence-electron chi connectivity index (χ2n) is 8.02. The molecular formula is C26H21Cl2N3O2S. The van der Waals surface area contributed by atoms with Crippen LogP contribution in [0.4, 0.5) is 5.82 Å². The Balaban J connectivity index is 1.72. The molecule has 8 heteroatoms. The van der Waals surface area contributed by atoms with E-state index < -0.39 is 16.1 Å². The zero-order chi connectivity index (χ0) is 23.7. The van der Waals surface area contributed by atoms with Crippen LogP contribution in [0.25, 0.3) is 0 Å². The smallest absolute Gasteiger partial charge is 0.260 e. The molecule has 1 saturated heterocycles. The molecule has 2 heterocycles. The van der Waals surface area contributed by atoms with Crippen molar-refractivity contribution in [1.29, 1.82) is 0 Å². The van der Waals surface area contributed by atoms with Crippen molar-refractivity contribution in [2.75, 3.05) is 11.6 Å². The molecule has 34 heavy (non-hydrogen) atoms. The molecule has 1 aromatic heterocycles. The van der Waals surface area contributed by atoms with Crippen molar-refractivity contribution in [2.45, 2.75) is 16.9 Å². The van der Waals surface area contributed by atoms with Gasteiger partial charge in [0.1, 0.15) is 5.82 Å². The Hall–Kier alpha value is -2.90. The maximum Gasteiger partial charge on any atom is 0.260 e.